The molecule has 6 nitrogen and oxygen atoms in total. The summed E-state index contributed by atoms with van der Waals surface area (Å²) in [5.41, 5.74) is 0.0164. The molecule has 0 radical (unpaired) electrons. The number of alkyl halides is 2. The normalized spacial score (nSPS) is 13.7. The fourth-order valence-corrected chi connectivity index (χ4v) is 1.52. The van der Waals surface area contributed by atoms with Crippen LogP contribution in [0, 0.1) is 0 Å². The Morgan fingerprint density at radius 3 is 2.05 bits per heavy atom. The summed E-state index contributed by atoms with van der Waals surface area (Å²) in [7, 11) is 0. The van der Waals surface area contributed by atoms with E-state index in [1.54, 1.807) is 13.8 Å². The number of ether oxygens (including phenoxy) is 2. The molecule has 0 heterocycles. The van der Waals surface area contributed by atoms with E-state index in [2.05, 4.69) is 0 Å². The average molecular weight is 520 g/mol. The van der Waals surface area contributed by atoms with Crippen molar-refractivity contribution in [1.29, 1.82) is 0 Å². The Kier molecular flexibility index (Phi) is 7.30. The summed E-state index contributed by atoms with van der Waals surface area (Å²) in [6, 6.07) is 4.00. The molecule has 0 saturated carbocycles. The van der Waals surface area contributed by atoms with Crippen molar-refractivity contribution in [3.8, 4) is 11.5 Å². The first kappa shape index (κ1) is 18.6. The zero-order valence-electron chi connectivity index (χ0n) is 11.2. The summed E-state index contributed by atoms with van der Waals surface area (Å²) < 4.78 is 9.43. The lowest BCUT2D eigenvalue weighted by Gasteiger charge is -2.14. The summed E-state index contributed by atoms with van der Waals surface area (Å²) in [5, 5.41) is 18.5. The average Bonchev–Trinajstić information content (AvgIpc) is 2.38. The van der Waals surface area contributed by atoms with Gasteiger partial charge in [-0.05, 0) is 26.0 Å². The van der Waals surface area contributed by atoms with Crippen LogP contribution in [0.5, 0.6) is 11.5 Å². The maximum absolute atomic E-state index is 11.6. The Bertz CT molecular complexity index is 527. The van der Waals surface area contributed by atoms with E-state index in [0.29, 0.717) is 0 Å². The Hall–Kier alpha value is -0.460. The van der Waals surface area contributed by atoms with Crippen LogP contribution >= 0.6 is 45.2 Å². The molecule has 0 aliphatic heterocycles. The van der Waals surface area contributed by atoms with Crippen LogP contribution in [0.25, 0.3) is 0 Å². The fourth-order valence-electron chi connectivity index (χ4n) is 1.27. The minimum atomic E-state index is -1.80. The molecule has 21 heavy (non-hydrogen) atoms. The number of aliphatic hydroxyl groups excluding tert-OH is 1. The number of halogens is 2. The van der Waals surface area contributed by atoms with E-state index in [4.69, 9.17) is 9.47 Å². The standard InChI is InChI=1S/C13H14I2O6/c1-6(14)12(18)20-8-3-4-9(11(16)17)10(5-8)21-13(19)7(2)15/h3-7,11,16-17H,1-2H3. The third-order valence-corrected chi connectivity index (χ3v) is 3.36. The van der Waals surface area contributed by atoms with Gasteiger partial charge in [-0.2, -0.15) is 0 Å². The van der Waals surface area contributed by atoms with Gasteiger partial charge in [0.25, 0.3) is 0 Å². The maximum Gasteiger partial charge on any atom is 0.324 e. The third-order valence-electron chi connectivity index (χ3n) is 2.34. The molecule has 0 bridgehead atoms. The minimum Gasteiger partial charge on any atom is -0.426 e. The van der Waals surface area contributed by atoms with E-state index in [9.17, 15) is 19.8 Å². The van der Waals surface area contributed by atoms with Gasteiger partial charge in [0.1, 0.15) is 19.3 Å². The van der Waals surface area contributed by atoms with Crippen molar-refractivity contribution in [2.24, 2.45) is 0 Å². The van der Waals surface area contributed by atoms with Crippen LogP contribution in [-0.4, -0.2) is 30.0 Å². The third kappa shape index (κ3) is 5.68. The highest BCUT2D eigenvalue weighted by Crippen LogP contribution is 2.30. The van der Waals surface area contributed by atoms with Gasteiger partial charge in [0.05, 0.1) is 5.56 Å². The SMILES string of the molecule is CC(I)C(=O)Oc1ccc(C(O)O)c(OC(=O)C(C)I)c1. The molecule has 0 aliphatic carbocycles. The topological polar surface area (TPSA) is 93.1 Å². The Morgan fingerprint density at radius 1 is 1.05 bits per heavy atom. The molecule has 0 aromatic heterocycles. The zero-order chi connectivity index (χ0) is 16.2. The molecule has 0 amide bonds. The highest BCUT2D eigenvalue weighted by molar-refractivity contribution is 14.1. The van der Waals surface area contributed by atoms with Gasteiger partial charge in [-0.25, -0.2) is 0 Å². The number of hydrogen-bond donors (Lipinski definition) is 2. The first-order chi connectivity index (χ1) is 9.72. The van der Waals surface area contributed by atoms with E-state index < -0.39 is 22.2 Å². The molecule has 8 heteroatoms. The second-order valence-corrected chi connectivity index (χ2v) is 7.88. The van der Waals surface area contributed by atoms with Gasteiger partial charge >= 0.3 is 11.9 Å². The van der Waals surface area contributed by atoms with E-state index in [-0.39, 0.29) is 21.0 Å². The molecule has 1 rings (SSSR count). The van der Waals surface area contributed by atoms with Crippen molar-refractivity contribution in [3.05, 3.63) is 23.8 Å². The molecule has 116 valence electrons. The van der Waals surface area contributed by atoms with Crippen LogP contribution in [0.1, 0.15) is 25.7 Å². The molecule has 0 saturated heterocycles. The van der Waals surface area contributed by atoms with Gasteiger partial charge in [-0.3, -0.25) is 9.59 Å². The quantitative estimate of drug-likeness (QED) is 0.203. The number of esters is 2. The van der Waals surface area contributed by atoms with E-state index in [1.807, 2.05) is 45.2 Å². The number of carbonyl (C=O) groups is 2. The van der Waals surface area contributed by atoms with E-state index in [0.717, 1.165) is 0 Å². The largest absolute Gasteiger partial charge is 0.426 e. The zero-order valence-corrected chi connectivity index (χ0v) is 15.6. The van der Waals surface area contributed by atoms with Gasteiger partial charge in [-0.1, -0.05) is 45.2 Å². The van der Waals surface area contributed by atoms with Crippen LogP contribution in [0.3, 0.4) is 0 Å². The van der Waals surface area contributed by atoms with E-state index in [1.165, 1.54) is 18.2 Å². The van der Waals surface area contributed by atoms with Crippen LogP contribution < -0.4 is 9.47 Å². The lowest BCUT2D eigenvalue weighted by atomic mass is 10.2. The molecule has 0 fully saturated rings. The van der Waals surface area contributed by atoms with Crippen molar-refractivity contribution in [3.63, 3.8) is 0 Å². The lowest BCUT2D eigenvalue weighted by Crippen LogP contribution is -2.19. The van der Waals surface area contributed by atoms with Gasteiger partial charge in [-0.15, -0.1) is 0 Å². The second-order valence-electron chi connectivity index (χ2n) is 4.15. The number of hydrogen-bond acceptors (Lipinski definition) is 6. The number of benzene rings is 1. The molecule has 0 aliphatic rings. The van der Waals surface area contributed by atoms with Gasteiger partial charge in [0.15, 0.2) is 6.29 Å². The highest BCUT2D eigenvalue weighted by Gasteiger charge is 2.19. The smallest absolute Gasteiger partial charge is 0.324 e. The summed E-state index contributed by atoms with van der Waals surface area (Å²) in [5.74, 6) is -0.877. The predicted molar refractivity (Wildman–Crippen MR) is 91.9 cm³/mol. The number of carbonyl (C=O) groups excluding carboxylic acids is 2. The summed E-state index contributed by atoms with van der Waals surface area (Å²) in [6.45, 7) is 3.31. The van der Waals surface area contributed by atoms with Crippen molar-refractivity contribution in [2.45, 2.75) is 28.0 Å². The fraction of sp³-hybridized carbons (Fsp3) is 0.385. The predicted octanol–water partition coefficient (Wildman–Crippen LogP) is 2.13. The van der Waals surface area contributed by atoms with Crippen molar-refractivity contribution in [1.82, 2.24) is 0 Å². The van der Waals surface area contributed by atoms with Gasteiger partial charge in [0.2, 0.25) is 0 Å². The summed E-state index contributed by atoms with van der Waals surface area (Å²) in [6.07, 6.45) is -1.80. The Balaban J connectivity index is 3.06. The van der Waals surface area contributed by atoms with Crippen LogP contribution in [-0.2, 0) is 9.59 Å². The summed E-state index contributed by atoms with van der Waals surface area (Å²) in [4.78, 5) is 23.2. The molecular weight excluding hydrogens is 506 g/mol. The molecule has 1 aromatic carbocycles. The lowest BCUT2D eigenvalue weighted by molar-refractivity contribution is -0.133. The number of rotatable bonds is 5. The number of aliphatic hydroxyl groups is 2. The highest BCUT2D eigenvalue weighted by atomic mass is 127. The molecule has 2 unspecified atom stereocenters. The molecule has 2 N–H and O–H groups in total. The molecule has 2 atom stereocenters. The summed E-state index contributed by atoms with van der Waals surface area (Å²) >= 11 is 3.78. The van der Waals surface area contributed by atoms with Gasteiger partial charge in [0, 0.05) is 6.07 Å². The van der Waals surface area contributed by atoms with Crippen LogP contribution in [0.2, 0.25) is 0 Å². The monoisotopic (exact) mass is 520 g/mol. The molecule has 1 aromatic rings. The Labute approximate surface area is 149 Å². The minimum absolute atomic E-state index is 0.0164. The Morgan fingerprint density at radius 2 is 1.57 bits per heavy atom. The first-order valence-electron chi connectivity index (χ1n) is 5.94. The van der Waals surface area contributed by atoms with Crippen LogP contribution in [0.4, 0.5) is 0 Å². The van der Waals surface area contributed by atoms with Crippen molar-refractivity contribution < 1.29 is 29.3 Å². The second kappa shape index (κ2) is 8.25. The maximum atomic E-state index is 11.6. The molecular formula is C13H14I2O6. The first-order valence-corrected chi connectivity index (χ1v) is 8.43. The van der Waals surface area contributed by atoms with E-state index >= 15 is 0 Å². The van der Waals surface area contributed by atoms with Gasteiger partial charge < -0.3 is 19.7 Å². The van der Waals surface area contributed by atoms with Crippen molar-refractivity contribution >= 4 is 57.1 Å². The van der Waals surface area contributed by atoms with Crippen molar-refractivity contribution in [2.75, 3.05) is 0 Å². The molecule has 0 spiro atoms. The van der Waals surface area contributed by atoms with Crippen LogP contribution in [0.15, 0.2) is 18.2 Å².